The summed E-state index contributed by atoms with van der Waals surface area (Å²) < 4.78 is 23.7. The Kier molecular flexibility index (Phi) is 4.94. The van der Waals surface area contributed by atoms with Gasteiger partial charge < -0.3 is 14.4 Å². The number of aromatic nitrogens is 1. The molecular weight excluding hydrogens is 351 g/mol. The van der Waals surface area contributed by atoms with Crippen molar-refractivity contribution in [2.24, 2.45) is 0 Å². The number of hydrogen-bond donors (Lipinski definition) is 0. The minimum absolute atomic E-state index is 0.152. The van der Waals surface area contributed by atoms with Crippen LogP contribution in [-0.4, -0.2) is 34.6 Å². The molecule has 1 aromatic heterocycles. The van der Waals surface area contributed by atoms with Crippen LogP contribution >= 0.6 is 0 Å². The van der Waals surface area contributed by atoms with Crippen LogP contribution in [0.4, 0.5) is 4.39 Å². The Labute approximate surface area is 156 Å². The number of hydrogen-bond acceptors (Lipinski definition) is 5. The maximum absolute atomic E-state index is 13.3. The van der Waals surface area contributed by atoms with Gasteiger partial charge in [-0.1, -0.05) is 18.2 Å². The van der Waals surface area contributed by atoms with Crippen LogP contribution in [0.5, 0.6) is 0 Å². The average Bonchev–Trinajstić information content (AvgIpc) is 2.89. The van der Waals surface area contributed by atoms with E-state index in [0.717, 1.165) is 11.6 Å². The predicted octanol–water partition coefficient (Wildman–Crippen LogP) is 2.96. The van der Waals surface area contributed by atoms with Crippen molar-refractivity contribution in [2.45, 2.75) is 25.7 Å². The number of ether oxygens (including phenoxy) is 2. The zero-order valence-corrected chi connectivity index (χ0v) is 15.2. The van der Waals surface area contributed by atoms with Crippen LogP contribution in [-0.2, 0) is 19.1 Å². The van der Waals surface area contributed by atoms with E-state index in [2.05, 4.69) is 4.98 Å². The molecule has 3 rings (SSSR count). The SMILES string of the molecule is CN(C(=O)C=C1OC(C)(C)OC1=O)C(c1ccc(F)cc1)c1cccnc1. The Bertz CT molecular complexity index is 879. The minimum atomic E-state index is -1.11. The van der Waals surface area contributed by atoms with Gasteiger partial charge in [-0.2, -0.15) is 0 Å². The topological polar surface area (TPSA) is 68.7 Å². The van der Waals surface area contributed by atoms with E-state index in [9.17, 15) is 14.0 Å². The predicted molar refractivity (Wildman–Crippen MR) is 94.6 cm³/mol. The van der Waals surface area contributed by atoms with Crippen molar-refractivity contribution in [3.05, 3.63) is 77.6 Å². The van der Waals surface area contributed by atoms with Crippen LogP contribution in [0, 0.1) is 5.82 Å². The Morgan fingerprint density at radius 1 is 1.19 bits per heavy atom. The highest BCUT2D eigenvalue weighted by Gasteiger charge is 2.38. The Hall–Kier alpha value is -3.22. The number of esters is 1. The molecule has 0 radical (unpaired) electrons. The lowest BCUT2D eigenvalue weighted by Gasteiger charge is -2.28. The second kappa shape index (κ2) is 7.19. The molecule has 1 atom stereocenters. The largest absolute Gasteiger partial charge is 0.445 e. The third-order valence-corrected chi connectivity index (χ3v) is 4.07. The number of carbonyl (C=O) groups is 2. The van der Waals surface area contributed by atoms with Crippen molar-refractivity contribution < 1.29 is 23.5 Å². The average molecular weight is 370 g/mol. The molecule has 1 unspecified atom stereocenters. The molecule has 0 bridgehead atoms. The quantitative estimate of drug-likeness (QED) is 0.611. The van der Waals surface area contributed by atoms with Gasteiger partial charge in [0.25, 0.3) is 5.91 Å². The molecule has 1 saturated heterocycles. The highest BCUT2D eigenvalue weighted by atomic mass is 19.1. The molecule has 1 aliphatic heterocycles. The Balaban J connectivity index is 1.94. The molecule has 1 aromatic carbocycles. The highest BCUT2D eigenvalue weighted by Crippen LogP contribution is 2.29. The molecular formula is C20H19FN2O4. The van der Waals surface area contributed by atoms with Crippen LogP contribution in [0.25, 0.3) is 0 Å². The molecule has 1 amide bonds. The molecule has 27 heavy (non-hydrogen) atoms. The summed E-state index contributed by atoms with van der Waals surface area (Å²) in [7, 11) is 1.59. The van der Waals surface area contributed by atoms with Gasteiger partial charge in [-0.05, 0) is 29.3 Å². The molecule has 140 valence electrons. The van der Waals surface area contributed by atoms with Gasteiger partial charge in [0, 0.05) is 33.3 Å². The summed E-state index contributed by atoms with van der Waals surface area (Å²) in [6.45, 7) is 3.16. The molecule has 2 heterocycles. The summed E-state index contributed by atoms with van der Waals surface area (Å²) in [6.07, 6.45) is 4.36. The molecule has 0 spiro atoms. The van der Waals surface area contributed by atoms with Crippen molar-refractivity contribution >= 4 is 11.9 Å². The van der Waals surface area contributed by atoms with Gasteiger partial charge in [-0.25, -0.2) is 9.18 Å². The molecule has 1 fully saturated rings. The highest BCUT2D eigenvalue weighted by molar-refractivity contribution is 5.98. The van der Waals surface area contributed by atoms with Crippen LogP contribution in [0.15, 0.2) is 60.6 Å². The van der Waals surface area contributed by atoms with E-state index in [4.69, 9.17) is 9.47 Å². The summed E-state index contributed by atoms with van der Waals surface area (Å²) in [5.74, 6) is -2.79. The van der Waals surface area contributed by atoms with Crippen molar-refractivity contribution in [1.82, 2.24) is 9.88 Å². The first-order chi connectivity index (χ1) is 12.8. The fourth-order valence-electron chi connectivity index (χ4n) is 2.85. The van der Waals surface area contributed by atoms with E-state index in [1.165, 1.54) is 17.0 Å². The number of nitrogens with zero attached hydrogens (tertiary/aromatic N) is 2. The van der Waals surface area contributed by atoms with Gasteiger partial charge in [-0.15, -0.1) is 0 Å². The summed E-state index contributed by atoms with van der Waals surface area (Å²) in [5.41, 5.74) is 1.45. The molecule has 2 aromatic rings. The maximum atomic E-state index is 13.3. The summed E-state index contributed by atoms with van der Waals surface area (Å²) in [6, 6.07) is 8.92. The van der Waals surface area contributed by atoms with Crippen molar-refractivity contribution in [2.75, 3.05) is 7.05 Å². The van der Waals surface area contributed by atoms with Gasteiger partial charge in [0.1, 0.15) is 5.82 Å². The second-order valence-electron chi connectivity index (χ2n) is 6.59. The lowest BCUT2D eigenvalue weighted by molar-refractivity contribution is -0.159. The van der Waals surface area contributed by atoms with Crippen LogP contribution in [0.3, 0.4) is 0 Å². The number of pyridine rings is 1. The first-order valence-corrected chi connectivity index (χ1v) is 8.33. The molecule has 0 saturated carbocycles. The first-order valence-electron chi connectivity index (χ1n) is 8.33. The van der Waals surface area contributed by atoms with E-state index >= 15 is 0 Å². The first kappa shape index (κ1) is 18.6. The van der Waals surface area contributed by atoms with Gasteiger partial charge in [0.05, 0.1) is 12.1 Å². The smallest absolute Gasteiger partial charge is 0.377 e. The third kappa shape index (κ3) is 4.13. The van der Waals surface area contributed by atoms with E-state index in [-0.39, 0.29) is 11.6 Å². The number of benzene rings is 1. The van der Waals surface area contributed by atoms with Crippen molar-refractivity contribution in [3.63, 3.8) is 0 Å². The van der Waals surface area contributed by atoms with E-state index in [0.29, 0.717) is 5.56 Å². The number of cyclic esters (lactones) is 1. The maximum Gasteiger partial charge on any atom is 0.377 e. The van der Waals surface area contributed by atoms with Crippen LogP contribution in [0.1, 0.15) is 31.0 Å². The van der Waals surface area contributed by atoms with Gasteiger partial charge in [-0.3, -0.25) is 9.78 Å². The zero-order valence-electron chi connectivity index (χ0n) is 15.2. The minimum Gasteiger partial charge on any atom is -0.445 e. The molecule has 6 nitrogen and oxygen atoms in total. The summed E-state index contributed by atoms with van der Waals surface area (Å²) in [4.78, 5) is 30.2. The summed E-state index contributed by atoms with van der Waals surface area (Å²) in [5, 5.41) is 0. The number of likely N-dealkylation sites (N-methyl/N-ethyl adjacent to an activating group) is 1. The lowest BCUT2D eigenvalue weighted by Crippen LogP contribution is -2.31. The van der Waals surface area contributed by atoms with Crippen LogP contribution < -0.4 is 0 Å². The number of amides is 1. The molecule has 0 aliphatic carbocycles. The fraction of sp³-hybridized carbons (Fsp3) is 0.250. The van der Waals surface area contributed by atoms with E-state index in [1.807, 2.05) is 6.07 Å². The lowest BCUT2D eigenvalue weighted by atomic mass is 9.98. The zero-order chi connectivity index (χ0) is 19.6. The fourth-order valence-corrected chi connectivity index (χ4v) is 2.85. The second-order valence-corrected chi connectivity index (χ2v) is 6.59. The van der Waals surface area contributed by atoms with Crippen molar-refractivity contribution in [1.29, 1.82) is 0 Å². The molecule has 1 aliphatic rings. The van der Waals surface area contributed by atoms with Gasteiger partial charge in [0.15, 0.2) is 0 Å². The van der Waals surface area contributed by atoms with Crippen molar-refractivity contribution in [3.8, 4) is 0 Å². The number of halogens is 1. The monoisotopic (exact) mass is 370 g/mol. The summed E-state index contributed by atoms with van der Waals surface area (Å²) >= 11 is 0. The molecule has 0 N–H and O–H groups in total. The number of carbonyl (C=O) groups excluding carboxylic acids is 2. The van der Waals surface area contributed by atoms with Gasteiger partial charge >= 0.3 is 5.97 Å². The van der Waals surface area contributed by atoms with E-state index < -0.39 is 23.7 Å². The Morgan fingerprint density at radius 2 is 1.89 bits per heavy atom. The normalized spacial score (nSPS) is 17.9. The third-order valence-electron chi connectivity index (χ3n) is 4.07. The van der Waals surface area contributed by atoms with Crippen LogP contribution in [0.2, 0.25) is 0 Å². The van der Waals surface area contributed by atoms with Gasteiger partial charge in [0.2, 0.25) is 11.5 Å². The standard InChI is InChI=1S/C20H19FN2O4/c1-20(2)26-16(19(25)27-20)11-17(24)23(3)18(14-5-4-10-22-12-14)13-6-8-15(21)9-7-13/h4-12,18H,1-3H3. The Morgan fingerprint density at radius 3 is 2.44 bits per heavy atom. The molecule has 7 heteroatoms. The van der Waals surface area contributed by atoms with E-state index in [1.54, 1.807) is 51.5 Å². The number of rotatable bonds is 4.